The molecule has 4 rings (SSSR count). The molecule has 1 aliphatic rings. The molecule has 0 saturated heterocycles. The van der Waals surface area contributed by atoms with Crippen LogP contribution in [0.25, 0.3) is 11.3 Å². The van der Waals surface area contributed by atoms with Crippen LogP contribution in [0.15, 0.2) is 41.6 Å². The molecule has 0 spiro atoms. The number of sulfone groups is 1. The van der Waals surface area contributed by atoms with Gasteiger partial charge < -0.3 is 24.1 Å². The number of hydrogen-bond acceptors (Lipinski definition) is 10. The van der Waals surface area contributed by atoms with Crippen molar-refractivity contribution in [2.75, 3.05) is 36.6 Å². The molecule has 1 atom stereocenters. The molecular formula is C28H36BClN5O5SSi. The van der Waals surface area contributed by atoms with Crippen LogP contribution in [0, 0.1) is 0 Å². The number of aromatic nitrogens is 3. The van der Waals surface area contributed by atoms with Crippen molar-refractivity contribution in [1.29, 1.82) is 0 Å². The van der Waals surface area contributed by atoms with Gasteiger partial charge in [0.15, 0.2) is 18.2 Å². The molecule has 223 valence electrons. The highest BCUT2D eigenvalue weighted by Gasteiger charge is 2.44. The van der Waals surface area contributed by atoms with Gasteiger partial charge in [-0.1, -0.05) is 39.3 Å². The molecule has 3 aromatic rings. The van der Waals surface area contributed by atoms with Gasteiger partial charge in [0, 0.05) is 54.4 Å². The van der Waals surface area contributed by atoms with Crippen LogP contribution in [0.4, 0.5) is 17.5 Å². The summed E-state index contributed by atoms with van der Waals surface area (Å²) in [5.74, 6) is 1.25. The van der Waals surface area contributed by atoms with E-state index in [9.17, 15) is 13.2 Å². The molecule has 1 radical (unpaired) electrons. The van der Waals surface area contributed by atoms with Gasteiger partial charge in [-0.2, -0.15) is 0 Å². The average Bonchev–Trinajstić information content (AvgIpc) is 3.18. The van der Waals surface area contributed by atoms with Gasteiger partial charge >= 0.3 is 7.41 Å². The molecule has 1 aliphatic heterocycles. The highest BCUT2D eigenvalue weighted by atomic mass is 35.5. The van der Waals surface area contributed by atoms with Crippen LogP contribution < -0.4 is 14.9 Å². The van der Waals surface area contributed by atoms with Gasteiger partial charge in [0.1, 0.15) is 17.8 Å². The van der Waals surface area contributed by atoms with Crippen LogP contribution in [0.3, 0.4) is 0 Å². The highest BCUT2D eigenvalue weighted by Crippen LogP contribution is 2.43. The predicted octanol–water partition coefficient (Wildman–Crippen LogP) is 5.26. The van der Waals surface area contributed by atoms with E-state index in [1.807, 2.05) is 10.9 Å². The van der Waals surface area contributed by atoms with E-state index >= 15 is 0 Å². The molecule has 10 nitrogen and oxygen atoms in total. The summed E-state index contributed by atoms with van der Waals surface area (Å²) >= 11 is 6.27. The number of anilines is 3. The van der Waals surface area contributed by atoms with Gasteiger partial charge in [-0.15, -0.1) is 0 Å². The summed E-state index contributed by atoms with van der Waals surface area (Å²) in [6.07, 6.45) is 5.18. The number of benzene rings is 1. The Morgan fingerprint density at radius 1 is 1.24 bits per heavy atom. The monoisotopic (exact) mass is 628 g/mol. The zero-order chi connectivity index (χ0) is 31.1. The van der Waals surface area contributed by atoms with Crippen molar-refractivity contribution >= 4 is 60.8 Å². The van der Waals surface area contributed by atoms with E-state index in [0.29, 0.717) is 30.4 Å². The second-order valence-corrected chi connectivity index (χ2v) is 19.5. The summed E-state index contributed by atoms with van der Waals surface area (Å²) < 4.78 is 36.2. The second-order valence-electron chi connectivity index (χ2n) is 12.3. The van der Waals surface area contributed by atoms with Crippen molar-refractivity contribution in [3.63, 3.8) is 0 Å². The maximum atomic E-state index is 12.1. The summed E-state index contributed by atoms with van der Waals surface area (Å²) in [7, 11) is -2.64. The van der Waals surface area contributed by atoms with Crippen LogP contribution in [0.5, 0.6) is 5.75 Å². The van der Waals surface area contributed by atoms with Crippen LogP contribution in [0.1, 0.15) is 33.3 Å². The van der Waals surface area contributed by atoms with Crippen molar-refractivity contribution < 1.29 is 22.4 Å². The summed E-state index contributed by atoms with van der Waals surface area (Å²) in [5, 5.41) is 3.19. The van der Waals surface area contributed by atoms with E-state index in [-0.39, 0.29) is 26.7 Å². The predicted molar refractivity (Wildman–Crippen MR) is 170 cm³/mol. The number of nitrogens with zero attached hydrogens (tertiary/aromatic N) is 4. The lowest BCUT2D eigenvalue weighted by atomic mass is 9.85. The number of carbonyl (C=O) groups excluding carboxylic acids is 1. The van der Waals surface area contributed by atoms with E-state index in [1.54, 1.807) is 18.5 Å². The molecule has 0 saturated carbocycles. The van der Waals surface area contributed by atoms with Crippen LogP contribution in [-0.4, -0.2) is 71.8 Å². The Kier molecular flexibility index (Phi) is 8.81. The summed E-state index contributed by atoms with van der Waals surface area (Å²) in [6.45, 7) is 14.3. The number of halogens is 1. The number of ether oxygens (including phenoxy) is 1. The van der Waals surface area contributed by atoms with Gasteiger partial charge in [0.05, 0.1) is 28.4 Å². The van der Waals surface area contributed by atoms with Crippen molar-refractivity contribution in [1.82, 2.24) is 15.0 Å². The molecule has 14 heteroatoms. The third kappa shape index (κ3) is 6.48. The van der Waals surface area contributed by atoms with E-state index in [1.165, 1.54) is 26.7 Å². The summed E-state index contributed by atoms with van der Waals surface area (Å²) in [5.41, 5.74) is 2.35. The van der Waals surface area contributed by atoms with Gasteiger partial charge in [-0.05, 0) is 36.3 Å². The lowest BCUT2D eigenvalue weighted by molar-refractivity contribution is 0.219. The number of carbonyl (C=O) groups is 1. The lowest BCUT2D eigenvalue weighted by Gasteiger charge is -2.39. The molecule has 0 bridgehead atoms. The second kappa shape index (κ2) is 11.6. The van der Waals surface area contributed by atoms with E-state index in [4.69, 9.17) is 25.7 Å². The van der Waals surface area contributed by atoms with Crippen molar-refractivity contribution in [3.8, 4) is 17.0 Å². The number of nitrogens with one attached hydrogen (secondary N) is 1. The molecular weight excluding hydrogens is 593 g/mol. The topological polar surface area (TPSA) is 124 Å². The minimum Gasteiger partial charge on any atom is -0.495 e. The summed E-state index contributed by atoms with van der Waals surface area (Å²) in [6, 6.07) is 6.65. The maximum absolute atomic E-state index is 12.1. The lowest BCUT2D eigenvalue weighted by Crippen LogP contribution is -2.46. The number of hydrogen-bond donors (Lipinski definition) is 1. The Hall–Kier alpha value is -3.00. The maximum Gasteiger partial charge on any atom is 0.330 e. The van der Waals surface area contributed by atoms with Crippen LogP contribution in [0.2, 0.25) is 23.2 Å². The number of fused-ring (bicyclic) bond motifs is 1. The first kappa shape index (κ1) is 31.9. The molecule has 42 heavy (non-hydrogen) atoms. The molecule has 3 heterocycles. The van der Waals surface area contributed by atoms with Gasteiger partial charge in [-0.25, -0.2) is 23.4 Å². The Labute approximate surface area is 254 Å². The molecule has 0 aliphatic carbocycles. The van der Waals surface area contributed by atoms with Gasteiger partial charge in [-0.3, -0.25) is 0 Å². The van der Waals surface area contributed by atoms with E-state index in [0.717, 1.165) is 23.6 Å². The van der Waals surface area contributed by atoms with Crippen molar-refractivity contribution in [2.45, 2.75) is 56.1 Å². The molecule has 1 aromatic carbocycles. The van der Waals surface area contributed by atoms with Crippen LogP contribution in [-0.2, 0) is 24.5 Å². The Morgan fingerprint density at radius 3 is 2.57 bits per heavy atom. The van der Waals surface area contributed by atoms with Gasteiger partial charge in [0.2, 0.25) is 5.95 Å². The SMILES string of the molecule is COc1cc(S(C)(=O)=O)c(Cl)cc1Nc1nccc(-c2cnc3c(c2)C(C)(CO[Si](C)(C)C(C)(C)C)CN3[B]C=O)n1. The minimum absolute atomic E-state index is 0.0353. The minimum atomic E-state index is -3.55. The van der Waals surface area contributed by atoms with Crippen molar-refractivity contribution in [2.24, 2.45) is 0 Å². The standard InChI is InChI=1S/C28H36BClN5O5SSi/c1-27(2,3)42(7,8)40-16-28(4)15-35(29-17-36)25-19(28)11-18(14-32-25)21-9-10-31-26(33-21)34-22-12-20(30)24(41(6,37)38)13-23(22)39-5/h9-14,17H,15-16H2,1-8H3,(H,31,33,34). The molecule has 0 amide bonds. The number of rotatable bonds is 10. The average molecular weight is 629 g/mol. The Morgan fingerprint density at radius 2 is 1.95 bits per heavy atom. The first-order valence-electron chi connectivity index (χ1n) is 13.4. The first-order valence-corrected chi connectivity index (χ1v) is 18.5. The zero-order valence-electron chi connectivity index (χ0n) is 25.1. The molecule has 0 fully saturated rings. The normalized spacial score (nSPS) is 17.1. The quantitative estimate of drug-likeness (QED) is 0.235. The third-order valence-electron chi connectivity index (χ3n) is 7.96. The first-order chi connectivity index (χ1) is 19.5. The van der Waals surface area contributed by atoms with Crippen molar-refractivity contribution in [3.05, 3.63) is 47.2 Å². The summed E-state index contributed by atoms with van der Waals surface area (Å²) in [4.78, 5) is 27.0. The molecule has 2 aromatic heterocycles. The van der Waals surface area contributed by atoms with E-state index in [2.05, 4.69) is 56.1 Å². The smallest absolute Gasteiger partial charge is 0.330 e. The zero-order valence-corrected chi connectivity index (χ0v) is 27.7. The van der Waals surface area contributed by atoms with Gasteiger partial charge in [0.25, 0.3) is 0 Å². The molecule has 1 unspecified atom stereocenters. The number of pyridine rings is 1. The third-order valence-corrected chi connectivity index (χ3v) is 14.0. The fourth-order valence-corrected chi connectivity index (χ4v) is 6.90. The molecule has 1 N–H and O–H groups in total. The largest absolute Gasteiger partial charge is 0.495 e. The van der Waals surface area contributed by atoms with E-state index < -0.39 is 23.6 Å². The Balaban J connectivity index is 1.68. The fraction of sp³-hybridized carbons (Fsp3) is 0.429. The number of methoxy groups -OCH3 is 1. The Bertz CT molecular complexity index is 1620. The van der Waals surface area contributed by atoms with Crippen LogP contribution >= 0.6 is 11.6 Å². The highest BCUT2D eigenvalue weighted by molar-refractivity contribution is 7.90. The fourth-order valence-electron chi connectivity index (χ4n) is 4.47.